The maximum absolute atomic E-state index is 12.4. The van der Waals surface area contributed by atoms with Crippen LogP contribution in [0.15, 0.2) is 48.5 Å². The van der Waals surface area contributed by atoms with Crippen LogP contribution in [0.5, 0.6) is 17.2 Å². The first-order valence-electron chi connectivity index (χ1n) is 8.69. The average Bonchev–Trinajstić information content (AvgIpc) is 3.23. The van der Waals surface area contributed by atoms with Crippen LogP contribution in [0.1, 0.15) is 18.4 Å². The minimum absolute atomic E-state index is 0.0816. The lowest BCUT2D eigenvalue weighted by Gasteiger charge is -2.16. The fourth-order valence-electron chi connectivity index (χ4n) is 3.50. The van der Waals surface area contributed by atoms with Gasteiger partial charge in [0.05, 0.1) is 13.7 Å². The van der Waals surface area contributed by atoms with Gasteiger partial charge in [-0.15, -0.1) is 0 Å². The van der Waals surface area contributed by atoms with E-state index in [9.17, 15) is 9.59 Å². The smallest absolute Gasteiger partial charge is 0.327 e. The van der Waals surface area contributed by atoms with Gasteiger partial charge in [-0.1, -0.05) is 24.3 Å². The van der Waals surface area contributed by atoms with Gasteiger partial charge < -0.3 is 14.4 Å². The van der Waals surface area contributed by atoms with Crippen LogP contribution in [0.2, 0.25) is 0 Å². The lowest BCUT2D eigenvalue weighted by Crippen LogP contribution is -2.32. The lowest BCUT2D eigenvalue weighted by molar-refractivity contribution is -0.128. The summed E-state index contributed by atoms with van der Waals surface area (Å²) in [5.74, 6) is 1.87. The third-order valence-electron chi connectivity index (χ3n) is 4.84. The Morgan fingerprint density at radius 2 is 1.77 bits per heavy atom. The van der Waals surface area contributed by atoms with Crippen LogP contribution in [0, 0.1) is 0 Å². The number of nitrogens with zero attached hydrogens (tertiary/aromatic N) is 2. The number of amides is 3. The topological polar surface area (TPSA) is 59.1 Å². The highest BCUT2D eigenvalue weighted by Crippen LogP contribution is 2.32. The molecule has 0 saturated carbocycles. The zero-order valence-corrected chi connectivity index (χ0v) is 14.6. The molecule has 2 aliphatic rings. The number of carbonyl (C=O) groups is 2. The second-order valence-electron chi connectivity index (χ2n) is 6.46. The van der Waals surface area contributed by atoms with E-state index in [-0.39, 0.29) is 18.0 Å². The third-order valence-corrected chi connectivity index (χ3v) is 4.84. The molecule has 6 heteroatoms. The van der Waals surface area contributed by atoms with E-state index >= 15 is 0 Å². The van der Waals surface area contributed by atoms with Crippen LogP contribution >= 0.6 is 0 Å². The molecule has 1 atom stereocenters. The van der Waals surface area contributed by atoms with Gasteiger partial charge in [0.1, 0.15) is 11.8 Å². The summed E-state index contributed by atoms with van der Waals surface area (Å²) in [5, 5.41) is 0. The number of hydrogen-bond donors (Lipinski definition) is 0. The zero-order valence-electron chi connectivity index (χ0n) is 14.6. The van der Waals surface area contributed by atoms with Crippen LogP contribution in [0.25, 0.3) is 0 Å². The Morgan fingerprint density at radius 3 is 2.46 bits per heavy atom. The fourth-order valence-corrected chi connectivity index (χ4v) is 3.50. The highest BCUT2D eigenvalue weighted by molar-refractivity contribution is 6.04. The summed E-state index contributed by atoms with van der Waals surface area (Å²) in [6, 6.07) is 14.4. The van der Waals surface area contributed by atoms with E-state index in [4.69, 9.17) is 9.47 Å². The number of urea groups is 1. The van der Waals surface area contributed by atoms with Crippen molar-refractivity contribution in [2.45, 2.75) is 25.4 Å². The first kappa shape index (κ1) is 16.4. The first-order valence-corrected chi connectivity index (χ1v) is 8.69. The van der Waals surface area contributed by atoms with E-state index in [0.717, 1.165) is 18.4 Å². The number of rotatable bonds is 5. The van der Waals surface area contributed by atoms with Crippen molar-refractivity contribution < 1.29 is 19.1 Å². The Labute approximate surface area is 151 Å². The highest BCUT2D eigenvalue weighted by atomic mass is 16.5. The molecule has 2 fully saturated rings. The van der Waals surface area contributed by atoms with E-state index in [2.05, 4.69) is 0 Å². The molecule has 0 aromatic heterocycles. The summed E-state index contributed by atoms with van der Waals surface area (Å²) in [6.45, 7) is 0.969. The van der Waals surface area contributed by atoms with Crippen molar-refractivity contribution in [3.63, 3.8) is 0 Å². The van der Waals surface area contributed by atoms with Gasteiger partial charge in [-0.25, -0.2) is 4.79 Å². The molecule has 2 saturated heterocycles. The molecule has 0 N–H and O–H groups in total. The number of para-hydroxylation sites is 2. The monoisotopic (exact) mass is 352 g/mol. The fraction of sp³-hybridized carbons (Fsp3) is 0.300. The van der Waals surface area contributed by atoms with E-state index in [0.29, 0.717) is 30.3 Å². The number of hydrogen-bond acceptors (Lipinski definition) is 4. The summed E-state index contributed by atoms with van der Waals surface area (Å²) in [5.41, 5.74) is 0.889. The summed E-state index contributed by atoms with van der Waals surface area (Å²) >= 11 is 0. The normalized spacial score (nSPS) is 19.0. The molecule has 4 rings (SSSR count). The quantitative estimate of drug-likeness (QED) is 0.774. The van der Waals surface area contributed by atoms with Crippen molar-refractivity contribution in [2.75, 3.05) is 13.7 Å². The summed E-state index contributed by atoms with van der Waals surface area (Å²) < 4.78 is 11.1. The van der Waals surface area contributed by atoms with Crippen LogP contribution in [0.4, 0.5) is 4.79 Å². The first-order chi connectivity index (χ1) is 12.7. The molecule has 134 valence electrons. The van der Waals surface area contributed by atoms with Gasteiger partial charge >= 0.3 is 6.03 Å². The average molecular weight is 352 g/mol. The minimum atomic E-state index is -0.254. The van der Waals surface area contributed by atoms with Crippen molar-refractivity contribution in [3.05, 3.63) is 54.1 Å². The van der Waals surface area contributed by atoms with Gasteiger partial charge in [0, 0.05) is 6.54 Å². The van der Waals surface area contributed by atoms with Gasteiger partial charge in [-0.3, -0.25) is 9.69 Å². The summed E-state index contributed by atoms with van der Waals surface area (Å²) in [6.07, 6.45) is 1.68. The molecular weight excluding hydrogens is 332 g/mol. The van der Waals surface area contributed by atoms with Gasteiger partial charge in [0.2, 0.25) is 0 Å². The minimum Gasteiger partial charge on any atom is -0.493 e. The van der Waals surface area contributed by atoms with Gasteiger partial charge in [-0.2, -0.15) is 0 Å². The van der Waals surface area contributed by atoms with Crippen LogP contribution in [0.3, 0.4) is 0 Å². The maximum Gasteiger partial charge on any atom is 0.327 e. The predicted octanol–water partition coefficient (Wildman–Crippen LogP) is 3.41. The molecular formula is C20H20N2O4. The van der Waals surface area contributed by atoms with Crippen molar-refractivity contribution in [3.8, 4) is 17.2 Å². The number of imide groups is 1. The van der Waals surface area contributed by atoms with Crippen LogP contribution in [-0.2, 0) is 11.3 Å². The molecule has 0 bridgehead atoms. The van der Waals surface area contributed by atoms with Crippen molar-refractivity contribution >= 4 is 11.9 Å². The molecule has 2 aromatic carbocycles. The molecule has 0 aliphatic carbocycles. The number of carbonyl (C=O) groups excluding carboxylic acids is 2. The second kappa shape index (κ2) is 6.71. The molecule has 3 amide bonds. The Morgan fingerprint density at radius 1 is 1.04 bits per heavy atom. The molecule has 6 nitrogen and oxygen atoms in total. The van der Waals surface area contributed by atoms with Gasteiger partial charge in [0.15, 0.2) is 11.5 Å². The van der Waals surface area contributed by atoms with Crippen molar-refractivity contribution in [1.82, 2.24) is 9.80 Å². The largest absolute Gasteiger partial charge is 0.493 e. The zero-order chi connectivity index (χ0) is 18.1. The van der Waals surface area contributed by atoms with E-state index in [1.54, 1.807) is 12.0 Å². The lowest BCUT2D eigenvalue weighted by atomic mass is 10.2. The van der Waals surface area contributed by atoms with Crippen molar-refractivity contribution in [1.29, 1.82) is 0 Å². The number of fused-ring (bicyclic) bond motifs is 1. The highest BCUT2D eigenvalue weighted by Gasteiger charge is 2.47. The molecule has 26 heavy (non-hydrogen) atoms. The van der Waals surface area contributed by atoms with Gasteiger partial charge in [0.25, 0.3) is 5.91 Å². The van der Waals surface area contributed by atoms with E-state index < -0.39 is 0 Å². The third kappa shape index (κ3) is 2.87. The molecule has 0 unspecified atom stereocenters. The predicted molar refractivity (Wildman–Crippen MR) is 95.2 cm³/mol. The second-order valence-corrected chi connectivity index (χ2v) is 6.46. The molecule has 2 aliphatic heterocycles. The van der Waals surface area contributed by atoms with Crippen LogP contribution < -0.4 is 9.47 Å². The standard InChI is InChI=1S/C20H20N2O4/c1-25-17-6-2-3-7-18(17)26-15-10-8-14(9-11-15)13-22-19(23)16-5-4-12-21(16)20(22)24/h2-3,6-11,16H,4-5,12-13H2,1H3/t16-/m1/s1. The number of ether oxygens (including phenoxy) is 2. The summed E-state index contributed by atoms with van der Waals surface area (Å²) in [4.78, 5) is 27.8. The summed E-state index contributed by atoms with van der Waals surface area (Å²) in [7, 11) is 1.60. The van der Waals surface area contributed by atoms with Crippen molar-refractivity contribution in [2.24, 2.45) is 0 Å². The number of methoxy groups -OCH3 is 1. The van der Waals surface area contributed by atoms with Gasteiger partial charge in [-0.05, 0) is 42.7 Å². The molecule has 2 heterocycles. The maximum atomic E-state index is 12.4. The Hall–Kier alpha value is -3.02. The molecule has 0 radical (unpaired) electrons. The Kier molecular flexibility index (Phi) is 4.24. The number of benzene rings is 2. The SMILES string of the molecule is COc1ccccc1Oc1ccc(CN2C(=O)[C@H]3CCCN3C2=O)cc1. The molecule has 0 spiro atoms. The Balaban J connectivity index is 1.45. The van der Waals surface area contributed by atoms with Crippen LogP contribution in [-0.4, -0.2) is 41.4 Å². The Bertz CT molecular complexity index is 812. The van der Waals surface area contributed by atoms with E-state index in [1.165, 1.54) is 4.90 Å². The van der Waals surface area contributed by atoms with E-state index in [1.807, 2.05) is 48.5 Å². The molecule has 2 aromatic rings.